The molecular formula is C19H28BF3N2O4. The van der Waals surface area contributed by atoms with Crippen molar-refractivity contribution in [2.45, 2.75) is 56.7 Å². The van der Waals surface area contributed by atoms with E-state index in [0.29, 0.717) is 38.8 Å². The number of hydrogen-bond donors (Lipinski definition) is 4. The monoisotopic (exact) mass is 416 g/mol. The van der Waals surface area contributed by atoms with Gasteiger partial charge in [0.25, 0.3) is 0 Å². The van der Waals surface area contributed by atoms with Gasteiger partial charge < -0.3 is 20.9 Å². The highest BCUT2D eigenvalue weighted by molar-refractivity contribution is 6.40. The maximum Gasteiger partial charge on any atom is 0.451 e. The van der Waals surface area contributed by atoms with E-state index < -0.39 is 30.4 Å². The van der Waals surface area contributed by atoms with E-state index in [-0.39, 0.29) is 30.8 Å². The fourth-order valence-corrected chi connectivity index (χ4v) is 4.01. The number of aliphatic carboxylic acids is 1. The molecule has 1 aromatic carbocycles. The van der Waals surface area contributed by atoms with E-state index in [0.717, 1.165) is 6.07 Å². The van der Waals surface area contributed by atoms with Gasteiger partial charge in [-0.2, -0.15) is 13.2 Å². The van der Waals surface area contributed by atoms with Crippen LogP contribution in [-0.4, -0.2) is 51.8 Å². The van der Waals surface area contributed by atoms with E-state index in [4.69, 9.17) is 15.8 Å². The first-order valence-corrected chi connectivity index (χ1v) is 9.80. The second kappa shape index (κ2) is 9.93. The minimum absolute atomic E-state index is 0.154. The van der Waals surface area contributed by atoms with Crippen molar-refractivity contribution in [1.29, 1.82) is 0 Å². The highest BCUT2D eigenvalue weighted by Crippen LogP contribution is 2.35. The van der Waals surface area contributed by atoms with Gasteiger partial charge in [-0.05, 0) is 56.2 Å². The van der Waals surface area contributed by atoms with Crippen LogP contribution in [0.15, 0.2) is 24.3 Å². The lowest BCUT2D eigenvalue weighted by Gasteiger charge is -2.40. The largest absolute Gasteiger partial charge is 0.480 e. The number of unbranched alkanes of at least 4 members (excludes halogenated alkanes) is 1. The third-order valence-electron chi connectivity index (χ3n) is 5.73. The van der Waals surface area contributed by atoms with Crippen molar-refractivity contribution in [1.82, 2.24) is 4.90 Å². The molecule has 6 nitrogen and oxygen atoms in total. The van der Waals surface area contributed by atoms with E-state index in [1.54, 1.807) is 6.07 Å². The summed E-state index contributed by atoms with van der Waals surface area (Å²) in [6.45, 7) is 1.10. The summed E-state index contributed by atoms with van der Waals surface area (Å²) < 4.78 is 39.5. The van der Waals surface area contributed by atoms with Crippen molar-refractivity contribution in [2.75, 3.05) is 13.1 Å². The van der Waals surface area contributed by atoms with Gasteiger partial charge in [0.2, 0.25) is 0 Å². The Labute approximate surface area is 168 Å². The predicted octanol–water partition coefficient (Wildman–Crippen LogP) is 2.34. The second-order valence-corrected chi connectivity index (χ2v) is 7.78. The molecule has 1 aliphatic rings. The summed E-state index contributed by atoms with van der Waals surface area (Å²) in [7, 11) is -1.42. The van der Waals surface area contributed by atoms with Crippen molar-refractivity contribution in [3.8, 4) is 0 Å². The Bertz CT molecular complexity index is 682. The van der Waals surface area contributed by atoms with Crippen LogP contribution in [0, 0.1) is 5.92 Å². The third-order valence-corrected chi connectivity index (χ3v) is 5.73. The molecule has 1 atom stereocenters. The Morgan fingerprint density at radius 2 is 1.79 bits per heavy atom. The zero-order chi connectivity index (χ0) is 21.7. The van der Waals surface area contributed by atoms with E-state index in [2.05, 4.69) is 0 Å². The zero-order valence-electron chi connectivity index (χ0n) is 16.2. The van der Waals surface area contributed by atoms with Crippen LogP contribution in [0.3, 0.4) is 0 Å². The van der Waals surface area contributed by atoms with Gasteiger partial charge in [0.05, 0.1) is 5.56 Å². The maximum atomic E-state index is 13.2. The third kappa shape index (κ3) is 6.43. The van der Waals surface area contributed by atoms with Gasteiger partial charge in [-0.15, -0.1) is 0 Å². The molecule has 1 saturated heterocycles. The van der Waals surface area contributed by atoms with Crippen LogP contribution in [-0.2, 0) is 17.5 Å². The van der Waals surface area contributed by atoms with Gasteiger partial charge in [-0.3, -0.25) is 9.69 Å². The zero-order valence-corrected chi connectivity index (χ0v) is 16.2. The summed E-state index contributed by atoms with van der Waals surface area (Å²) in [6, 6.07) is 5.48. The molecule has 0 aliphatic carbocycles. The van der Waals surface area contributed by atoms with E-state index >= 15 is 0 Å². The molecule has 0 radical (unpaired) electrons. The summed E-state index contributed by atoms with van der Waals surface area (Å²) in [6.07, 6.45) is -2.15. The summed E-state index contributed by atoms with van der Waals surface area (Å²) in [5, 5.41) is 27.4. The molecule has 2 rings (SSSR count). The van der Waals surface area contributed by atoms with E-state index in [1.807, 2.05) is 4.90 Å². The number of carboxylic acids is 1. The summed E-state index contributed by atoms with van der Waals surface area (Å²) in [5.74, 6) is -1.38. The molecule has 0 bridgehead atoms. The highest BCUT2D eigenvalue weighted by Gasteiger charge is 2.43. The molecule has 1 aliphatic heterocycles. The molecule has 1 aromatic rings. The second-order valence-electron chi connectivity index (χ2n) is 7.78. The molecule has 5 N–H and O–H groups in total. The minimum Gasteiger partial charge on any atom is -0.480 e. The number of benzene rings is 1. The van der Waals surface area contributed by atoms with Crippen LogP contribution in [0.1, 0.15) is 43.2 Å². The van der Waals surface area contributed by atoms with Crippen molar-refractivity contribution in [2.24, 2.45) is 11.7 Å². The van der Waals surface area contributed by atoms with Crippen LogP contribution >= 0.6 is 0 Å². The molecule has 0 saturated carbocycles. The summed E-state index contributed by atoms with van der Waals surface area (Å²) in [5.41, 5.74) is 4.36. The number of hydrogen-bond acceptors (Lipinski definition) is 5. The first-order chi connectivity index (χ1) is 13.5. The van der Waals surface area contributed by atoms with Crippen molar-refractivity contribution in [3.63, 3.8) is 0 Å². The fraction of sp³-hybridized carbons (Fsp3) is 0.632. The average molecular weight is 416 g/mol. The van der Waals surface area contributed by atoms with Gasteiger partial charge in [-0.1, -0.05) is 31.0 Å². The quantitative estimate of drug-likeness (QED) is 0.364. The van der Waals surface area contributed by atoms with Crippen molar-refractivity contribution < 1.29 is 33.1 Å². The molecule has 162 valence electrons. The number of likely N-dealkylation sites (tertiary alicyclic amines) is 1. The summed E-state index contributed by atoms with van der Waals surface area (Å²) in [4.78, 5) is 13.7. The molecule has 29 heavy (non-hydrogen) atoms. The molecule has 1 fully saturated rings. The lowest BCUT2D eigenvalue weighted by Crippen LogP contribution is -2.56. The average Bonchev–Trinajstić information content (AvgIpc) is 2.65. The topological polar surface area (TPSA) is 107 Å². The normalized spacial score (nSPS) is 18.4. The van der Waals surface area contributed by atoms with Gasteiger partial charge in [-0.25, -0.2) is 0 Å². The number of piperidine rings is 1. The van der Waals surface area contributed by atoms with Crippen LogP contribution in [0.4, 0.5) is 13.2 Å². The number of alkyl halides is 3. The lowest BCUT2D eigenvalue weighted by molar-refractivity contribution is -0.147. The number of carboxylic acid groups (broad SMARTS) is 1. The van der Waals surface area contributed by atoms with E-state index in [1.165, 1.54) is 12.1 Å². The minimum atomic E-state index is -4.41. The van der Waals surface area contributed by atoms with Crippen LogP contribution in [0.25, 0.3) is 0 Å². The van der Waals surface area contributed by atoms with Gasteiger partial charge >= 0.3 is 19.3 Å². The van der Waals surface area contributed by atoms with Crippen molar-refractivity contribution in [3.05, 3.63) is 35.4 Å². The molecular weight excluding hydrogens is 388 g/mol. The standard InChI is InChI=1S/C19H28BF3N2O4/c21-19(22,23)16-6-2-1-5-14(16)13-25-11-7-15(8-12-25)18(24,17(26)27)9-3-4-10-20(28)29/h1-2,5-6,15,28-29H,3-4,7-13,24H2,(H,26,27). The predicted molar refractivity (Wildman–Crippen MR) is 103 cm³/mol. The molecule has 0 spiro atoms. The number of halogens is 3. The lowest BCUT2D eigenvalue weighted by atomic mass is 9.74. The molecule has 0 aromatic heterocycles. The van der Waals surface area contributed by atoms with Crippen LogP contribution < -0.4 is 5.73 Å². The van der Waals surface area contributed by atoms with Gasteiger partial charge in [0.1, 0.15) is 5.54 Å². The first kappa shape index (κ1) is 23.7. The fourth-order valence-electron chi connectivity index (χ4n) is 4.01. The first-order valence-electron chi connectivity index (χ1n) is 9.80. The SMILES string of the molecule is NC(CCCCB(O)O)(C(=O)O)C1CCN(Cc2ccccc2C(F)(F)F)CC1. The van der Waals surface area contributed by atoms with Crippen molar-refractivity contribution >= 4 is 13.1 Å². The molecule has 0 amide bonds. The summed E-state index contributed by atoms with van der Waals surface area (Å²) >= 11 is 0. The Morgan fingerprint density at radius 1 is 1.17 bits per heavy atom. The number of nitrogens with two attached hydrogens (primary N) is 1. The number of carbonyl (C=O) groups is 1. The van der Waals surface area contributed by atoms with Gasteiger partial charge in [0.15, 0.2) is 0 Å². The Morgan fingerprint density at radius 3 is 2.34 bits per heavy atom. The van der Waals surface area contributed by atoms with E-state index in [9.17, 15) is 23.1 Å². The Balaban J connectivity index is 1.96. The smallest absolute Gasteiger partial charge is 0.451 e. The Hall–Kier alpha value is -1.62. The maximum absolute atomic E-state index is 13.2. The molecule has 10 heteroatoms. The van der Waals surface area contributed by atoms with Crippen LogP contribution in [0.5, 0.6) is 0 Å². The van der Waals surface area contributed by atoms with Gasteiger partial charge in [0, 0.05) is 6.54 Å². The van der Waals surface area contributed by atoms with Crippen LogP contribution in [0.2, 0.25) is 6.32 Å². The highest BCUT2D eigenvalue weighted by atomic mass is 19.4. The number of nitrogens with zero attached hydrogens (tertiary/aromatic N) is 1. The molecule has 1 heterocycles. The molecule has 1 unspecified atom stereocenters. The number of rotatable bonds is 9. The Kier molecular flexibility index (Phi) is 8.10.